The van der Waals surface area contributed by atoms with E-state index in [-0.39, 0.29) is 11.8 Å². The highest BCUT2D eigenvalue weighted by Crippen LogP contribution is 2.29. The first-order valence-electron chi connectivity index (χ1n) is 7.15. The number of aromatic nitrogens is 2. The van der Waals surface area contributed by atoms with Gasteiger partial charge in [0.1, 0.15) is 17.5 Å². The predicted octanol–water partition coefficient (Wildman–Crippen LogP) is 0.779. The van der Waals surface area contributed by atoms with Crippen molar-refractivity contribution in [2.75, 3.05) is 36.5 Å². The van der Waals surface area contributed by atoms with E-state index in [4.69, 9.17) is 11.5 Å². The normalized spacial score (nSPS) is 14.9. The first-order chi connectivity index (χ1) is 10.6. The number of hydrogen-bond donors (Lipinski definition) is 3. The average Bonchev–Trinajstić information content (AvgIpc) is 2.43. The fraction of sp³-hybridized carbons (Fsp3) is 0.333. The second kappa shape index (κ2) is 5.76. The molecule has 0 aliphatic carbocycles. The lowest BCUT2D eigenvalue weighted by molar-refractivity contribution is 0.446. The number of nitrogens with one attached hydrogen (secondary N) is 1. The molecule has 1 aromatic heterocycles. The second-order valence-electron chi connectivity index (χ2n) is 5.46. The lowest BCUT2D eigenvalue weighted by Crippen LogP contribution is -2.57. The third kappa shape index (κ3) is 2.80. The van der Waals surface area contributed by atoms with E-state index in [1.807, 2.05) is 7.05 Å². The van der Waals surface area contributed by atoms with E-state index >= 15 is 0 Å². The monoisotopic (exact) mass is 302 g/mol. The molecule has 1 fully saturated rings. The van der Waals surface area contributed by atoms with E-state index in [1.165, 1.54) is 12.1 Å². The van der Waals surface area contributed by atoms with Crippen LogP contribution in [-0.2, 0) is 6.42 Å². The second-order valence-corrected chi connectivity index (χ2v) is 5.46. The molecule has 22 heavy (non-hydrogen) atoms. The molecule has 1 aliphatic rings. The Morgan fingerprint density at radius 2 is 1.91 bits per heavy atom. The van der Waals surface area contributed by atoms with E-state index < -0.39 is 0 Å². The van der Waals surface area contributed by atoms with Crippen LogP contribution in [0.3, 0.4) is 0 Å². The molecule has 6 nitrogen and oxygen atoms in total. The quantitative estimate of drug-likeness (QED) is 0.773. The Hall–Kier alpha value is -2.41. The molecule has 1 aromatic carbocycles. The molecule has 0 spiro atoms. The standard InChI is InChI=1S/C15H19FN6/c1-19-11-7-22(8-11)14-12(13(17)20-15(18)21-14)6-9-2-4-10(16)5-3-9/h2-5,11,19H,6-8H2,1H3,(H4,17,18,20,21). The van der Waals surface area contributed by atoms with Crippen LogP contribution in [0.25, 0.3) is 0 Å². The molecule has 0 saturated carbocycles. The Morgan fingerprint density at radius 1 is 1.23 bits per heavy atom. The van der Waals surface area contributed by atoms with Crippen molar-refractivity contribution in [3.8, 4) is 0 Å². The third-order valence-corrected chi connectivity index (χ3v) is 3.92. The molecule has 0 radical (unpaired) electrons. The first-order valence-corrected chi connectivity index (χ1v) is 7.15. The van der Waals surface area contributed by atoms with Crippen LogP contribution >= 0.6 is 0 Å². The number of rotatable bonds is 4. The zero-order valence-electron chi connectivity index (χ0n) is 12.4. The van der Waals surface area contributed by atoms with Crippen molar-refractivity contribution in [1.82, 2.24) is 15.3 Å². The van der Waals surface area contributed by atoms with Gasteiger partial charge in [-0.25, -0.2) is 4.39 Å². The summed E-state index contributed by atoms with van der Waals surface area (Å²) in [4.78, 5) is 10.5. The Labute approximate surface area is 128 Å². The van der Waals surface area contributed by atoms with Crippen molar-refractivity contribution in [2.45, 2.75) is 12.5 Å². The van der Waals surface area contributed by atoms with E-state index in [0.717, 1.165) is 30.0 Å². The SMILES string of the molecule is CNC1CN(c2nc(N)nc(N)c2Cc2ccc(F)cc2)C1. The maximum atomic E-state index is 13.0. The Balaban J connectivity index is 1.90. The van der Waals surface area contributed by atoms with Crippen LogP contribution in [0.4, 0.5) is 22.0 Å². The zero-order valence-corrected chi connectivity index (χ0v) is 12.4. The van der Waals surface area contributed by atoms with Gasteiger partial charge in [0.25, 0.3) is 0 Å². The van der Waals surface area contributed by atoms with Crippen LogP contribution < -0.4 is 21.7 Å². The molecule has 0 amide bonds. The Morgan fingerprint density at radius 3 is 2.55 bits per heavy atom. The highest BCUT2D eigenvalue weighted by molar-refractivity contribution is 5.62. The summed E-state index contributed by atoms with van der Waals surface area (Å²) in [5.41, 5.74) is 13.5. The Bertz CT molecular complexity index is 666. The molecule has 5 N–H and O–H groups in total. The molecule has 2 heterocycles. The predicted molar refractivity (Wildman–Crippen MR) is 85.1 cm³/mol. The van der Waals surface area contributed by atoms with Crippen molar-refractivity contribution in [1.29, 1.82) is 0 Å². The largest absolute Gasteiger partial charge is 0.383 e. The van der Waals surface area contributed by atoms with Gasteiger partial charge in [-0.3, -0.25) is 0 Å². The molecule has 2 aromatic rings. The summed E-state index contributed by atoms with van der Waals surface area (Å²) in [7, 11) is 1.93. The Kier molecular flexibility index (Phi) is 3.81. The van der Waals surface area contributed by atoms with Crippen LogP contribution in [-0.4, -0.2) is 36.1 Å². The molecular formula is C15H19FN6. The van der Waals surface area contributed by atoms with Crippen molar-refractivity contribution < 1.29 is 4.39 Å². The number of nitrogens with zero attached hydrogens (tertiary/aromatic N) is 3. The molecule has 116 valence electrons. The minimum atomic E-state index is -0.259. The van der Waals surface area contributed by atoms with Gasteiger partial charge < -0.3 is 21.7 Å². The molecule has 0 atom stereocenters. The van der Waals surface area contributed by atoms with Gasteiger partial charge >= 0.3 is 0 Å². The molecule has 3 rings (SSSR count). The van der Waals surface area contributed by atoms with Gasteiger partial charge in [0.2, 0.25) is 5.95 Å². The van der Waals surface area contributed by atoms with E-state index in [0.29, 0.717) is 18.3 Å². The number of likely N-dealkylation sites (N-methyl/N-ethyl adjacent to an activating group) is 1. The molecule has 0 bridgehead atoms. The lowest BCUT2D eigenvalue weighted by Gasteiger charge is -2.41. The van der Waals surface area contributed by atoms with Gasteiger partial charge in [0.05, 0.1) is 0 Å². The molecule has 1 aliphatic heterocycles. The van der Waals surface area contributed by atoms with Crippen LogP contribution in [0.1, 0.15) is 11.1 Å². The summed E-state index contributed by atoms with van der Waals surface area (Å²) in [6, 6.07) is 6.78. The minimum Gasteiger partial charge on any atom is -0.383 e. The molecule has 7 heteroatoms. The van der Waals surface area contributed by atoms with Gasteiger partial charge in [-0.1, -0.05) is 12.1 Å². The lowest BCUT2D eigenvalue weighted by atomic mass is 10.0. The van der Waals surface area contributed by atoms with Crippen LogP contribution in [0, 0.1) is 5.82 Å². The van der Waals surface area contributed by atoms with Crippen molar-refractivity contribution in [2.24, 2.45) is 0 Å². The minimum absolute atomic E-state index is 0.170. The van der Waals surface area contributed by atoms with Gasteiger partial charge in [-0.05, 0) is 24.7 Å². The number of nitrogen functional groups attached to an aromatic ring is 2. The fourth-order valence-corrected chi connectivity index (χ4v) is 2.58. The maximum absolute atomic E-state index is 13.0. The highest BCUT2D eigenvalue weighted by atomic mass is 19.1. The zero-order chi connectivity index (χ0) is 15.7. The number of halogens is 1. The summed E-state index contributed by atoms with van der Waals surface area (Å²) in [5.74, 6) is 1.05. The summed E-state index contributed by atoms with van der Waals surface area (Å²) in [5, 5.41) is 3.22. The van der Waals surface area contributed by atoms with Crippen LogP contribution in [0.2, 0.25) is 0 Å². The van der Waals surface area contributed by atoms with Crippen molar-refractivity contribution >= 4 is 17.6 Å². The average molecular weight is 302 g/mol. The maximum Gasteiger partial charge on any atom is 0.223 e. The smallest absolute Gasteiger partial charge is 0.223 e. The molecule has 1 saturated heterocycles. The van der Waals surface area contributed by atoms with Gasteiger partial charge in [-0.15, -0.1) is 0 Å². The number of anilines is 3. The molecule has 0 unspecified atom stereocenters. The number of hydrogen-bond acceptors (Lipinski definition) is 6. The third-order valence-electron chi connectivity index (χ3n) is 3.92. The molecular weight excluding hydrogens is 283 g/mol. The van der Waals surface area contributed by atoms with Crippen LogP contribution in [0.5, 0.6) is 0 Å². The summed E-state index contributed by atoms with van der Waals surface area (Å²) >= 11 is 0. The van der Waals surface area contributed by atoms with E-state index in [2.05, 4.69) is 20.2 Å². The summed E-state index contributed by atoms with van der Waals surface area (Å²) < 4.78 is 13.0. The van der Waals surface area contributed by atoms with E-state index in [9.17, 15) is 4.39 Å². The number of benzene rings is 1. The summed E-state index contributed by atoms with van der Waals surface area (Å²) in [6.45, 7) is 1.70. The number of nitrogens with two attached hydrogens (primary N) is 2. The van der Waals surface area contributed by atoms with Gasteiger partial charge in [-0.2, -0.15) is 9.97 Å². The topological polar surface area (TPSA) is 93.1 Å². The van der Waals surface area contributed by atoms with Crippen LogP contribution in [0.15, 0.2) is 24.3 Å². The van der Waals surface area contributed by atoms with E-state index in [1.54, 1.807) is 12.1 Å². The van der Waals surface area contributed by atoms with Crippen molar-refractivity contribution in [3.63, 3.8) is 0 Å². The van der Waals surface area contributed by atoms with Gasteiger partial charge in [0.15, 0.2) is 0 Å². The van der Waals surface area contributed by atoms with Gasteiger partial charge in [0, 0.05) is 31.1 Å². The summed E-state index contributed by atoms with van der Waals surface area (Å²) in [6.07, 6.45) is 0.544. The highest BCUT2D eigenvalue weighted by Gasteiger charge is 2.29. The first kappa shape index (κ1) is 14.5. The van der Waals surface area contributed by atoms with Crippen molar-refractivity contribution in [3.05, 3.63) is 41.2 Å². The fourth-order valence-electron chi connectivity index (χ4n) is 2.58.